The third-order valence-electron chi connectivity index (χ3n) is 4.15. The summed E-state index contributed by atoms with van der Waals surface area (Å²) in [6.07, 6.45) is 4.20. The molecule has 3 fully saturated rings. The van der Waals surface area contributed by atoms with Crippen molar-refractivity contribution >= 4 is 43.8 Å². The van der Waals surface area contributed by atoms with Gasteiger partial charge in [0, 0.05) is 28.0 Å². The van der Waals surface area contributed by atoms with Gasteiger partial charge in [-0.05, 0) is 81.1 Å². The summed E-state index contributed by atoms with van der Waals surface area (Å²) >= 11 is 8.69. The van der Waals surface area contributed by atoms with Crippen molar-refractivity contribution in [3.8, 4) is 5.75 Å². The van der Waals surface area contributed by atoms with Crippen LogP contribution in [0.4, 0.5) is 0 Å². The zero-order valence-electron chi connectivity index (χ0n) is 11.3. The van der Waals surface area contributed by atoms with Crippen molar-refractivity contribution in [1.29, 1.82) is 0 Å². The van der Waals surface area contributed by atoms with Crippen LogP contribution in [0, 0.1) is 5.92 Å². The van der Waals surface area contributed by atoms with Crippen molar-refractivity contribution in [2.24, 2.45) is 5.92 Å². The second-order valence-electron chi connectivity index (χ2n) is 5.60. The molecule has 3 aliphatic rings. The van der Waals surface area contributed by atoms with E-state index in [9.17, 15) is 0 Å². The molecule has 0 aromatic heterocycles. The van der Waals surface area contributed by atoms with E-state index in [0.717, 1.165) is 38.6 Å². The normalized spacial score (nSPS) is 26.9. The monoisotopic (exact) mass is 420 g/mol. The molecule has 3 saturated carbocycles. The minimum atomic E-state index is 0.526. The smallest absolute Gasteiger partial charge is 0.134 e. The summed E-state index contributed by atoms with van der Waals surface area (Å²) in [7, 11) is 1.68. The zero-order chi connectivity index (χ0) is 14.2. The number of ether oxygens (including phenoxy) is 1. The van der Waals surface area contributed by atoms with Gasteiger partial charge >= 0.3 is 0 Å². The molecular weight excluding hydrogens is 404 g/mol. The molecule has 110 valence electrons. The molecule has 1 aromatic carbocycles. The number of rotatable bonds is 7. The molecule has 1 aromatic rings. The molecule has 4 rings (SSSR count). The molecule has 0 saturated heterocycles. The first-order chi connectivity index (χ1) is 9.62. The van der Waals surface area contributed by atoms with Crippen LogP contribution in [0.1, 0.15) is 19.3 Å². The van der Waals surface area contributed by atoms with Gasteiger partial charge in [-0.3, -0.25) is 4.72 Å². The van der Waals surface area contributed by atoms with Gasteiger partial charge < -0.3 is 10.1 Å². The predicted octanol–water partition coefficient (Wildman–Crippen LogP) is 3.96. The summed E-state index contributed by atoms with van der Waals surface area (Å²) in [6, 6.07) is 4.04. The second kappa shape index (κ2) is 6.16. The zero-order valence-corrected chi connectivity index (χ0v) is 15.3. The molecule has 3 aliphatic carbocycles. The molecule has 0 spiro atoms. The summed E-state index contributed by atoms with van der Waals surface area (Å²) in [6.45, 7) is 1.99. The van der Waals surface area contributed by atoms with E-state index >= 15 is 0 Å². The molecule has 3 nitrogen and oxygen atoms in total. The van der Waals surface area contributed by atoms with Crippen molar-refractivity contribution in [1.82, 2.24) is 10.0 Å². The van der Waals surface area contributed by atoms with E-state index in [1.54, 1.807) is 19.1 Å². The maximum atomic E-state index is 5.32. The lowest BCUT2D eigenvalue weighted by Gasteiger charge is -2.62. The highest BCUT2D eigenvalue weighted by Gasteiger charge is 2.55. The summed E-state index contributed by atoms with van der Waals surface area (Å²) in [4.78, 5) is 1.13. The Bertz CT molecular complexity index is 495. The van der Waals surface area contributed by atoms with Crippen molar-refractivity contribution < 1.29 is 4.74 Å². The topological polar surface area (TPSA) is 33.3 Å². The molecule has 6 heteroatoms. The first kappa shape index (κ1) is 15.2. The van der Waals surface area contributed by atoms with E-state index in [4.69, 9.17) is 4.74 Å². The lowest BCUT2D eigenvalue weighted by molar-refractivity contribution is -0.0496. The number of halogens is 2. The van der Waals surface area contributed by atoms with Gasteiger partial charge in [0.1, 0.15) is 5.75 Å². The molecule has 2 N–H and O–H groups in total. The van der Waals surface area contributed by atoms with Gasteiger partial charge in [0.25, 0.3) is 0 Å². The van der Waals surface area contributed by atoms with E-state index in [-0.39, 0.29) is 0 Å². The van der Waals surface area contributed by atoms with Gasteiger partial charge in [0.2, 0.25) is 0 Å². The summed E-state index contributed by atoms with van der Waals surface area (Å²) < 4.78 is 10.7. The van der Waals surface area contributed by atoms with Gasteiger partial charge in [-0.15, -0.1) is 0 Å². The van der Waals surface area contributed by atoms with Crippen LogP contribution in [-0.2, 0) is 0 Å². The molecule has 0 radical (unpaired) electrons. The van der Waals surface area contributed by atoms with Crippen LogP contribution in [0.25, 0.3) is 0 Å². The fourth-order valence-electron chi connectivity index (χ4n) is 2.95. The Balaban J connectivity index is 1.43. The van der Waals surface area contributed by atoms with E-state index in [1.807, 2.05) is 12.1 Å². The van der Waals surface area contributed by atoms with Crippen LogP contribution in [0.3, 0.4) is 0 Å². The largest absolute Gasteiger partial charge is 0.496 e. The van der Waals surface area contributed by atoms with E-state index in [0.29, 0.717) is 5.54 Å². The Kier molecular flexibility index (Phi) is 4.67. The van der Waals surface area contributed by atoms with Crippen molar-refractivity contribution in [2.45, 2.75) is 29.7 Å². The number of benzene rings is 1. The Hall–Kier alpha value is 0.250. The lowest BCUT2D eigenvalue weighted by Crippen LogP contribution is -2.67. The average molecular weight is 422 g/mol. The maximum absolute atomic E-state index is 5.32. The molecular formula is C14H18Br2N2OS. The maximum Gasteiger partial charge on any atom is 0.134 e. The third-order valence-corrected chi connectivity index (χ3v) is 6.60. The standard InChI is InChI=1S/C14H18Br2N2OS/c1-19-12-5-13(11(16)4-10(12)15)20-18-3-2-17-14-6-9(7-14)8-14/h4-5,9,17-18H,2-3,6-8H2,1H3. The first-order valence-corrected chi connectivity index (χ1v) is 9.20. The number of nitrogens with one attached hydrogen (secondary N) is 2. The van der Waals surface area contributed by atoms with Gasteiger partial charge in [-0.25, -0.2) is 0 Å². The van der Waals surface area contributed by atoms with E-state index in [2.05, 4.69) is 41.9 Å². The van der Waals surface area contributed by atoms with Gasteiger partial charge in [0.15, 0.2) is 0 Å². The van der Waals surface area contributed by atoms with Crippen LogP contribution in [0.2, 0.25) is 0 Å². The minimum absolute atomic E-state index is 0.526. The predicted molar refractivity (Wildman–Crippen MR) is 90.3 cm³/mol. The quantitative estimate of drug-likeness (QED) is 0.515. The molecule has 0 amide bonds. The van der Waals surface area contributed by atoms with E-state index < -0.39 is 0 Å². The highest BCUT2D eigenvalue weighted by molar-refractivity contribution is 9.11. The first-order valence-electron chi connectivity index (χ1n) is 6.80. The lowest BCUT2D eigenvalue weighted by atomic mass is 9.50. The molecule has 20 heavy (non-hydrogen) atoms. The fourth-order valence-corrected chi connectivity index (χ4v) is 5.03. The van der Waals surface area contributed by atoms with Gasteiger partial charge in [-0.2, -0.15) is 0 Å². The van der Waals surface area contributed by atoms with Crippen molar-refractivity contribution in [3.05, 3.63) is 21.1 Å². The highest BCUT2D eigenvalue weighted by Crippen LogP contribution is 2.56. The summed E-state index contributed by atoms with van der Waals surface area (Å²) in [5.74, 6) is 1.89. The van der Waals surface area contributed by atoms with E-state index in [1.165, 1.54) is 19.3 Å². The second-order valence-corrected chi connectivity index (χ2v) is 8.24. The molecule has 2 bridgehead atoms. The van der Waals surface area contributed by atoms with Crippen molar-refractivity contribution in [2.75, 3.05) is 20.2 Å². The number of hydrogen-bond donors (Lipinski definition) is 2. The van der Waals surface area contributed by atoms with Crippen LogP contribution in [-0.4, -0.2) is 25.7 Å². The SMILES string of the molecule is COc1cc(SNCCNC23CC(C2)C3)c(Br)cc1Br. The van der Waals surface area contributed by atoms with Crippen molar-refractivity contribution in [3.63, 3.8) is 0 Å². The van der Waals surface area contributed by atoms with Gasteiger partial charge in [-0.1, -0.05) is 0 Å². The summed E-state index contributed by atoms with van der Waals surface area (Å²) in [5.41, 5.74) is 0.526. The molecule has 0 atom stereocenters. The Labute approximate surface area is 141 Å². The van der Waals surface area contributed by atoms with Crippen LogP contribution >= 0.6 is 43.8 Å². The Morgan fingerprint density at radius 3 is 2.60 bits per heavy atom. The minimum Gasteiger partial charge on any atom is -0.496 e. The summed E-state index contributed by atoms with van der Waals surface area (Å²) in [5, 5.41) is 3.67. The number of methoxy groups -OCH3 is 1. The van der Waals surface area contributed by atoms with Gasteiger partial charge in [0.05, 0.1) is 11.6 Å². The highest BCUT2D eigenvalue weighted by atomic mass is 79.9. The van der Waals surface area contributed by atoms with Crippen LogP contribution < -0.4 is 14.8 Å². The Morgan fingerprint density at radius 2 is 2.00 bits per heavy atom. The number of hydrogen-bond acceptors (Lipinski definition) is 4. The van der Waals surface area contributed by atoms with Crippen LogP contribution in [0.15, 0.2) is 26.0 Å². The Morgan fingerprint density at radius 1 is 1.25 bits per heavy atom. The molecule has 0 unspecified atom stereocenters. The molecule has 0 heterocycles. The average Bonchev–Trinajstić information content (AvgIpc) is 2.32. The van der Waals surface area contributed by atoms with Crippen LogP contribution in [0.5, 0.6) is 5.75 Å². The third kappa shape index (κ3) is 3.04. The fraction of sp³-hybridized carbons (Fsp3) is 0.571. The molecule has 0 aliphatic heterocycles.